The summed E-state index contributed by atoms with van der Waals surface area (Å²) < 4.78 is 5.23. The molecular formula is C21H30N2O. The lowest BCUT2D eigenvalue weighted by Crippen LogP contribution is -2.28. The van der Waals surface area contributed by atoms with Gasteiger partial charge in [-0.25, -0.2) is 0 Å². The average Bonchev–Trinajstić information content (AvgIpc) is 2.87. The molecule has 3 nitrogen and oxygen atoms in total. The minimum Gasteiger partial charge on any atom is -0.385 e. The number of methoxy groups -OCH3 is 1. The molecule has 0 spiro atoms. The van der Waals surface area contributed by atoms with E-state index in [9.17, 15) is 5.26 Å². The van der Waals surface area contributed by atoms with Crippen LogP contribution >= 0.6 is 0 Å². The quantitative estimate of drug-likeness (QED) is 0.502. The van der Waals surface area contributed by atoms with Crippen molar-refractivity contribution in [3.05, 3.63) is 34.9 Å². The summed E-state index contributed by atoms with van der Waals surface area (Å²) in [5.74, 6) is 0.703. The summed E-state index contributed by atoms with van der Waals surface area (Å²) in [6.07, 6.45) is 8.36. The van der Waals surface area contributed by atoms with E-state index in [4.69, 9.17) is 4.74 Å². The van der Waals surface area contributed by atoms with Crippen molar-refractivity contribution < 1.29 is 4.74 Å². The number of benzene rings is 1. The second-order valence-corrected chi connectivity index (χ2v) is 7.39. The Morgan fingerprint density at radius 2 is 2.17 bits per heavy atom. The Bertz CT molecular complexity index is 627. The van der Waals surface area contributed by atoms with Crippen LogP contribution in [0.25, 0.3) is 0 Å². The van der Waals surface area contributed by atoms with E-state index in [1.54, 1.807) is 7.11 Å². The van der Waals surface area contributed by atoms with Crippen LogP contribution < -0.4 is 0 Å². The van der Waals surface area contributed by atoms with Crippen molar-refractivity contribution in [1.82, 2.24) is 0 Å². The van der Waals surface area contributed by atoms with Gasteiger partial charge in [-0.1, -0.05) is 32.9 Å². The molecule has 0 saturated heterocycles. The lowest BCUT2D eigenvalue weighted by atomic mass is 9.76. The van der Waals surface area contributed by atoms with Crippen molar-refractivity contribution in [1.29, 1.82) is 5.26 Å². The van der Waals surface area contributed by atoms with Crippen molar-refractivity contribution in [2.24, 2.45) is 16.3 Å². The van der Waals surface area contributed by atoms with E-state index in [1.165, 1.54) is 23.1 Å². The number of nitriles is 1. The molecular weight excluding hydrogens is 296 g/mol. The van der Waals surface area contributed by atoms with Crippen molar-refractivity contribution in [3.8, 4) is 6.19 Å². The molecule has 1 aliphatic carbocycles. The number of ether oxygens (including phenoxy) is 1. The van der Waals surface area contributed by atoms with E-state index < -0.39 is 0 Å². The second-order valence-electron chi connectivity index (χ2n) is 7.39. The molecule has 3 heteroatoms. The second kappa shape index (κ2) is 8.44. The highest BCUT2D eigenvalue weighted by molar-refractivity contribution is 6.09. The van der Waals surface area contributed by atoms with Crippen LogP contribution in [0.2, 0.25) is 0 Å². The standard InChI is InChI=1S/C21H30N2O/c1-5-21(11-6-12-24-4)14-18-10-9-17(8-7-16(2)3)13-19(18)20(21)23-15-22/h9-10,13,16H,5-8,11-12,14H2,1-4H3. The number of aliphatic imine (C=N–C) groups is 1. The normalized spacial score (nSPS) is 21.2. The lowest BCUT2D eigenvalue weighted by Gasteiger charge is -2.28. The lowest BCUT2D eigenvalue weighted by molar-refractivity contribution is 0.180. The third-order valence-corrected chi connectivity index (χ3v) is 5.31. The number of rotatable bonds is 8. The zero-order valence-corrected chi connectivity index (χ0v) is 15.6. The van der Waals surface area contributed by atoms with Gasteiger partial charge in [-0.05, 0) is 61.6 Å². The predicted octanol–water partition coefficient (Wildman–Crippen LogP) is 4.92. The molecule has 1 unspecified atom stereocenters. The third kappa shape index (κ3) is 4.05. The maximum Gasteiger partial charge on any atom is 0.205 e. The first kappa shape index (κ1) is 18.7. The summed E-state index contributed by atoms with van der Waals surface area (Å²) >= 11 is 0. The molecule has 130 valence electrons. The van der Waals surface area contributed by atoms with E-state index in [0.717, 1.165) is 44.4 Å². The zero-order valence-electron chi connectivity index (χ0n) is 15.6. The van der Waals surface area contributed by atoms with Gasteiger partial charge in [0.05, 0.1) is 5.71 Å². The number of fused-ring (bicyclic) bond motifs is 1. The van der Waals surface area contributed by atoms with Gasteiger partial charge in [0.1, 0.15) is 0 Å². The fraction of sp³-hybridized carbons (Fsp3) is 0.619. The highest BCUT2D eigenvalue weighted by atomic mass is 16.5. The smallest absolute Gasteiger partial charge is 0.205 e. The van der Waals surface area contributed by atoms with E-state index >= 15 is 0 Å². The molecule has 1 aromatic carbocycles. The van der Waals surface area contributed by atoms with Crippen LogP contribution in [-0.2, 0) is 17.6 Å². The summed E-state index contributed by atoms with van der Waals surface area (Å²) in [6.45, 7) is 7.49. The molecule has 0 heterocycles. The fourth-order valence-corrected chi connectivity index (χ4v) is 3.80. The monoisotopic (exact) mass is 326 g/mol. The van der Waals surface area contributed by atoms with Gasteiger partial charge in [0, 0.05) is 24.7 Å². The Morgan fingerprint density at radius 3 is 2.79 bits per heavy atom. The fourth-order valence-electron chi connectivity index (χ4n) is 3.80. The van der Waals surface area contributed by atoms with E-state index in [0.29, 0.717) is 5.92 Å². The van der Waals surface area contributed by atoms with Crippen LogP contribution in [0.15, 0.2) is 23.2 Å². The zero-order chi connectivity index (χ0) is 17.6. The summed E-state index contributed by atoms with van der Waals surface area (Å²) in [5, 5.41) is 9.23. The van der Waals surface area contributed by atoms with E-state index in [-0.39, 0.29) is 5.41 Å². The van der Waals surface area contributed by atoms with Crippen LogP contribution in [0.3, 0.4) is 0 Å². The van der Waals surface area contributed by atoms with Gasteiger partial charge in [0.2, 0.25) is 6.19 Å². The molecule has 0 radical (unpaired) electrons. The van der Waals surface area contributed by atoms with Crippen molar-refractivity contribution in [2.75, 3.05) is 13.7 Å². The van der Waals surface area contributed by atoms with Gasteiger partial charge in [-0.15, -0.1) is 0 Å². The molecule has 0 aliphatic heterocycles. The van der Waals surface area contributed by atoms with Gasteiger partial charge >= 0.3 is 0 Å². The Kier molecular flexibility index (Phi) is 6.57. The number of hydrogen-bond donors (Lipinski definition) is 0. The average molecular weight is 326 g/mol. The Balaban J connectivity index is 2.32. The van der Waals surface area contributed by atoms with Gasteiger partial charge in [-0.3, -0.25) is 0 Å². The summed E-state index contributed by atoms with van der Waals surface area (Å²) in [6, 6.07) is 6.79. The Hall–Kier alpha value is -1.66. The minimum absolute atomic E-state index is 0.00668. The molecule has 0 amide bonds. The topological polar surface area (TPSA) is 45.4 Å². The first-order valence-electron chi connectivity index (χ1n) is 9.14. The molecule has 1 aliphatic rings. The summed E-state index contributed by atoms with van der Waals surface area (Å²) in [7, 11) is 1.74. The highest BCUT2D eigenvalue weighted by Crippen LogP contribution is 2.44. The van der Waals surface area contributed by atoms with Gasteiger partial charge in [0.15, 0.2) is 0 Å². The van der Waals surface area contributed by atoms with Gasteiger partial charge < -0.3 is 4.74 Å². The highest BCUT2D eigenvalue weighted by Gasteiger charge is 2.41. The van der Waals surface area contributed by atoms with Crippen molar-refractivity contribution >= 4 is 5.71 Å². The van der Waals surface area contributed by atoms with Crippen LogP contribution in [0.4, 0.5) is 0 Å². The first-order valence-corrected chi connectivity index (χ1v) is 9.14. The van der Waals surface area contributed by atoms with Crippen LogP contribution in [0, 0.1) is 22.8 Å². The number of aryl methyl sites for hydroxylation is 1. The van der Waals surface area contributed by atoms with Crippen molar-refractivity contribution in [3.63, 3.8) is 0 Å². The van der Waals surface area contributed by atoms with Gasteiger partial charge in [-0.2, -0.15) is 10.3 Å². The van der Waals surface area contributed by atoms with Crippen LogP contribution in [0.1, 0.15) is 63.1 Å². The first-order chi connectivity index (χ1) is 11.6. The Morgan fingerprint density at radius 1 is 1.38 bits per heavy atom. The predicted molar refractivity (Wildman–Crippen MR) is 99.3 cm³/mol. The van der Waals surface area contributed by atoms with Crippen molar-refractivity contribution in [2.45, 2.75) is 59.3 Å². The molecule has 0 fully saturated rings. The van der Waals surface area contributed by atoms with E-state index in [1.807, 2.05) is 0 Å². The maximum absolute atomic E-state index is 9.23. The maximum atomic E-state index is 9.23. The molecule has 2 rings (SSSR count). The van der Waals surface area contributed by atoms with Crippen LogP contribution in [0.5, 0.6) is 0 Å². The molecule has 0 N–H and O–H groups in total. The molecule has 0 aromatic heterocycles. The molecule has 0 bridgehead atoms. The number of nitrogens with zero attached hydrogens (tertiary/aromatic N) is 2. The molecule has 0 saturated carbocycles. The SMILES string of the molecule is CCC1(CCCOC)Cc2ccc(CCC(C)C)cc2C1=NC#N. The van der Waals surface area contributed by atoms with Gasteiger partial charge in [0.25, 0.3) is 0 Å². The minimum atomic E-state index is -0.00668. The Labute approximate surface area is 146 Å². The molecule has 1 atom stereocenters. The van der Waals surface area contributed by atoms with Crippen LogP contribution in [-0.4, -0.2) is 19.4 Å². The summed E-state index contributed by atoms with van der Waals surface area (Å²) in [5.41, 5.74) is 4.91. The van der Waals surface area contributed by atoms with E-state index in [2.05, 4.69) is 50.2 Å². The summed E-state index contributed by atoms with van der Waals surface area (Å²) in [4.78, 5) is 4.29. The largest absolute Gasteiger partial charge is 0.385 e. The number of hydrogen-bond acceptors (Lipinski definition) is 3. The molecule has 1 aromatic rings. The third-order valence-electron chi connectivity index (χ3n) is 5.31. The molecule has 24 heavy (non-hydrogen) atoms.